The second-order valence-electron chi connectivity index (χ2n) is 9.11. The lowest BCUT2D eigenvalue weighted by Crippen LogP contribution is -2.43. The van der Waals surface area contributed by atoms with E-state index in [4.69, 9.17) is 18.9 Å². The first-order chi connectivity index (χ1) is 17.3. The molecule has 0 unspecified atom stereocenters. The maximum absolute atomic E-state index is 13.9. The largest absolute Gasteiger partial charge is 0.493 e. The number of Topliss-reactive ketones (excluding diaryl/α,β-unsaturated/α-hetero) is 1. The summed E-state index contributed by atoms with van der Waals surface area (Å²) < 4.78 is 21.9. The van der Waals surface area contributed by atoms with E-state index in [0.29, 0.717) is 53.5 Å². The molecular formula is C28H37NO7. The van der Waals surface area contributed by atoms with Crippen LogP contribution in [0.3, 0.4) is 0 Å². The topological polar surface area (TPSA) is 100 Å². The first kappa shape index (κ1) is 27.5. The number of ketones is 1. The van der Waals surface area contributed by atoms with Gasteiger partial charge in [0.1, 0.15) is 18.3 Å². The van der Waals surface area contributed by atoms with Crippen molar-refractivity contribution < 1.29 is 33.3 Å². The highest BCUT2D eigenvalue weighted by molar-refractivity contribution is 6.12. The van der Waals surface area contributed by atoms with Crippen molar-refractivity contribution in [1.29, 1.82) is 0 Å². The van der Waals surface area contributed by atoms with Gasteiger partial charge in [-0.05, 0) is 38.7 Å². The molecule has 1 aliphatic carbocycles. The normalized spacial score (nSPS) is 21.6. The van der Waals surface area contributed by atoms with Gasteiger partial charge in [0.05, 0.1) is 31.8 Å². The van der Waals surface area contributed by atoms with Crippen LogP contribution in [0.4, 0.5) is 0 Å². The Labute approximate surface area is 213 Å². The average molecular weight is 500 g/mol. The van der Waals surface area contributed by atoms with Crippen molar-refractivity contribution >= 4 is 17.7 Å². The van der Waals surface area contributed by atoms with Gasteiger partial charge in [-0.3, -0.25) is 9.59 Å². The zero-order valence-corrected chi connectivity index (χ0v) is 21.8. The molecule has 8 nitrogen and oxygen atoms in total. The van der Waals surface area contributed by atoms with Crippen molar-refractivity contribution in [1.82, 2.24) is 5.32 Å². The third kappa shape index (κ3) is 5.81. The molecule has 196 valence electrons. The van der Waals surface area contributed by atoms with Crippen LogP contribution in [0, 0.1) is 11.8 Å². The molecule has 1 aromatic rings. The van der Waals surface area contributed by atoms with E-state index in [9.17, 15) is 14.4 Å². The van der Waals surface area contributed by atoms with E-state index in [1.807, 2.05) is 38.1 Å². The summed E-state index contributed by atoms with van der Waals surface area (Å²) in [5, 5.41) is 3.27. The Morgan fingerprint density at radius 2 is 1.86 bits per heavy atom. The SMILES string of the molecule is CCCCOc1ccccc1[C@@H]1C(C(=O)OCCOCC)=C(C)NC2=C1C(=O)[C@@H](C(=O)OC)[C@H](C)C2. The summed E-state index contributed by atoms with van der Waals surface area (Å²) in [7, 11) is 1.28. The van der Waals surface area contributed by atoms with E-state index in [1.54, 1.807) is 6.92 Å². The summed E-state index contributed by atoms with van der Waals surface area (Å²) in [5.74, 6) is -2.80. The van der Waals surface area contributed by atoms with Gasteiger partial charge in [-0.1, -0.05) is 38.5 Å². The number of rotatable bonds is 11. The molecule has 1 heterocycles. The number of hydrogen-bond donors (Lipinski definition) is 1. The van der Waals surface area contributed by atoms with Crippen molar-refractivity contribution in [2.75, 3.05) is 33.5 Å². The fraction of sp³-hybridized carbons (Fsp3) is 0.536. The predicted octanol–water partition coefficient (Wildman–Crippen LogP) is 4.06. The van der Waals surface area contributed by atoms with Crippen LogP contribution in [-0.2, 0) is 28.6 Å². The van der Waals surface area contributed by atoms with Crippen molar-refractivity contribution in [3.63, 3.8) is 0 Å². The Kier molecular flexibility index (Phi) is 9.70. The number of hydrogen-bond acceptors (Lipinski definition) is 8. The third-order valence-corrected chi connectivity index (χ3v) is 6.61. The Hall–Kier alpha value is -3.13. The molecule has 0 radical (unpaired) electrons. The van der Waals surface area contributed by atoms with Gasteiger partial charge in [-0.15, -0.1) is 0 Å². The Morgan fingerprint density at radius 3 is 2.56 bits per heavy atom. The van der Waals surface area contributed by atoms with Gasteiger partial charge < -0.3 is 24.3 Å². The maximum Gasteiger partial charge on any atom is 0.336 e. The number of dihydropyridines is 1. The lowest BCUT2D eigenvalue weighted by atomic mass is 9.69. The van der Waals surface area contributed by atoms with E-state index >= 15 is 0 Å². The molecule has 0 bridgehead atoms. The van der Waals surface area contributed by atoms with Crippen molar-refractivity contribution in [3.8, 4) is 5.75 Å². The minimum atomic E-state index is -0.945. The first-order valence-corrected chi connectivity index (χ1v) is 12.6. The van der Waals surface area contributed by atoms with E-state index < -0.39 is 23.8 Å². The van der Waals surface area contributed by atoms with Gasteiger partial charge in [0, 0.05) is 29.1 Å². The van der Waals surface area contributed by atoms with Crippen LogP contribution in [0.15, 0.2) is 46.8 Å². The summed E-state index contributed by atoms with van der Waals surface area (Å²) in [4.78, 5) is 39.9. The van der Waals surface area contributed by atoms with E-state index in [-0.39, 0.29) is 24.9 Å². The second kappa shape index (κ2) is 12.7. The van der Waals surface area contributed by atoms with Crippen molar-refractivity contribution in [3.05, 3.63) is 52.4 Å². The van der Waals surface area contributed by atoms with Gasteiger partial charge in [-0.2, -0.15) is 0 Å². The molecule has 8 heteroatoms. The van der Waals surface area contributed by atoms with Crippen LogP contribution < -0.4 is 10.1 Å². The molecule has 0 saturated carbocycles. The average Bonchev–Trinajstić information content (AvgIpc) is 2.86. The molecule has 36 heavy (non-hydrogen) atoms. The van der Waals surface area contributed by atoms with E-state index in [2.05, 4.69) is 12.2 Å². The van der Waals surface area contributed by atoms with E-state index in [1.165, 1.54) is 7.11 Å². The zero-order chi connectivity index (χ0) is 26.2. The molecule has 1 N–H and O–H groups in total. The number of carbonyl (C=O) groups excluding carboxylic acids is 3. The van der Waals surface area contributed by atoms with Crippen LogP contribution in [0.5, 0.6) is 5.75 Å². The smallest absolute Gasteiger partial charge is 0.336 e. The Morgan fingerprint density at radius 1 is 1.11 bits per heavy atom. The van der Waals surface area contributed by atoms with Gasteiger partial charge in [0.2, 0.25) is 0 Å². The first-order valence-electron chi connectivity index (χ1n) is 12.6. The summed E-state index contributed by atoms with van der Waals surface area (Å²) in [6.45, 7) is 9.00. The minimum absolute atomic E-state index is 0.0898. The number of allylic oxidation sites excluding steroid dienone is 3. The molecule has 3 rings (SSSR count). The van der Waals surface area contributed by atoms with Gasteiger partial charge in [-0.25, -0.2) is 4.79 Å². The molecule has 1 aromatic carbocycles. The van der Waals surface area contributed by atoms with Crippen molar-refractivity contribution in [2.24, 2.45) is 11.8 Å². The van der Waals surface area contributed by atoms with Gasteiger partial charge in [0.25, 0.3) is 0 Å². The van der Waals surface area contributed by atoms with Crippen LogP contribution in [-0.4, -0.2) is 51.3 Å². The molecule has 0 fully saturated rings. The second-order valence-corrected chi connectivity index (χ2v) is 9.11. The third-order valence-electron chi connectivity index (χ3n) is 6.61. The number of para-hydroxylation sites is 1. The number of carbonyl (C=O) groups is 3. The number of methoxy groups -OCH3 is 1. The number of esters is 2. The highest BCUT2D eigenvalue weighted by Gasteiger charge is 2.47. The monoisotopic (exact) mass is 499 g/mol. The number of benzene rings is 1. The molecular weight excluding hydrogens is 462 g/mol. The van der Waals surface area contributed by atoms with Crippen LogP contribution >= 0.6 is 0 Å². The van der Waals surface area contributed by atoms with Crippen LogP contribution in [0.1, 0.15) is 58.4 Å². The summed E-state index contributed by atoms with van der Waals surface area (Å²) in [6.07, 6.45) is 2.31. The summed E-state index contributed by atoms with van der Waals surface area (Å²) >= 11 is 0. The lowest BCUT2D eigenvalue weighted by Gasteiger charge is -2.38. The van der Waals surface area contributed by atoms with Crippen molar-refractivity contribution in [2.45, 2.75) is 52.9 Å². The van der Waals surface area contributed by atoms with E-state index in [0.717, 1.165) is 12.8 Å². The quantitative estimate of drug-likeness (QED) is 0.276. The highest BCUT2D eigenvalue weighted by atomic mass is 16.6. The van der Waals surface area contributed by atoms with Gasteiger partial charge in [0.15, 0.2) is 5.78 Å². The zero-order valence-electron chi connectivity index (χ0n) is 21.8. The maximum atomic E-state index is 13.9. The highest BCUT2D eigenvalue weighted by Crippen LogP contribution is 2.47. The predicted molar refractivity (Wildman–Crippen MR) is 134 cm³/mol. The fourth-order valence-corrected chi connectivity index (χ4v) is 4.85. The minimum Gasteiger partial charge on any atom is -0.493 e. The fourth-order valence-electron chi connectivity index (χ4n) is 4.85. The molecule has 3 atom stereocenters. The lowest BCUT2D eigenvalue weighted by molar-refractivity contribution is -0.151. The molecule has 1 aliphatic heterocycles. The molecule has 0 amide bonds. The number of ether oxygens (including phenoxy) is 4. The van der Waals surface area contributed by atoms with Gasteiger partial charge >= 0.3 is 11.9 Å². The molecule has 2 aliphatic rings. The Balaban J connectivity index is 2.11. The number of unbranched alkanes of at least 4 members (excludes halogenated alkanes) is 1. The molecule has 0 aromatic heterocycles. The Bertz CT molecular complexity index is 1040. The summed E-state index contributed by atoms with van der Waals surface area (Å²) in [5.41, 5.74) is 2.72. The molecule has 0 spiro atoms. The van der Waals surface area contributed by atoms with Crippen LogP contribution in [0.25, 0.3) is 0 Å². The molecule has 0 saturated heterocycles. The number of nitrogens with one attached hydrogen (secondary N) is 1. The van der Waals surface area contributed by atoms with Crippen LogP contribution in [0.2, 0.25) is 0 Å². The summed E-state index contributed by atoms with van der Waals surface area (Å²) in [6, 6.07) is 7.42. The standard InChI is InChI=1S/C28H37NO7/c1-6-8-13-35-21-12-10-9-11-19(21)24-23(28(32)36-15-14-34-7-2)18(4)29-20-16-17(3)22(27(31)33-5)26(30)25(20)24/h9-12,17,22,24,29H,6-8,13-16H2,1-5H3/t17-,22+,24-/m1/s1.